The zero-order valence-corrected chi connectivity index (χ0v) is 14.2. The molecule has 1 aromatic carbocycles. The van der Waals surface area contributed by atoms with Crippen molar-refractivity contribution >= 4 is 44.2 Å². The number of H-pyrrole nitrogens is 1. The molecule has 0 aliphatic rings. The van der Waals surface area contributed by atoms with Gasteiger partial charge >= 0.3 is 46.6 Å². The van der Waals surface area contributed by atoms with Gasteiger partial charge in [-0.1, -0.05) is 12.1 Å². The van der Waals surface area contributed by atoms with Crippen LogP contribution in [0.25, 0.3) is 10.2 Å². The molecule has 10 heteroatoms. The molecule has 0 saturated carbocycles. The fourth-order valence-corrected chi connectivity index (χ4v) is 2.01. The van der Waals surface area contributed by atoms with Crippen LogP contribution in [0.4, 0.5) is 0 Å². The van der Waals surface area contributed by atoms with Crippen LogP contribution >= 0.6 is 23.6 Å². The van der Waals surface area contributed by atoms with Crippen molar-refractivity contribution in [3.63, 3.8) is 0 Å². The Bertz CT molecular complexity index is 565. The van der Waals surface area contributed by atoms with Gasteiger partial charge in [-0.15, -0.1) is 11.3 Å². The van der Waals surface area contributed by atoms with E-state index in [9.17, 15) is 0 Å². The molecule has 1 N–H and O–H groups in total. The Morgan fingerprint density at radius 1 is 1.24 bits per heavy atom. The average Bonchev–Trinajstić information content (AvgIpc) is 2.40. The molecule has 1 radical (unpaired) electrons. The number of rotatable bonds is 0. The van der Waals surface area contributed by atoms with E-state index in [1.807, 2.05) is 18.2 Å². The van der Waals surface area contributed by atoms with Crippen LogP contribution in [-0.2, 0) is 27.5 Å². The molecule has 0 spiro atoms. The predicted molar refractivity (Wildman–Crippen MR) is 57.5 cm³/mol. The summed E-state index contributed by atoms with van der Waals surface area (Å²) in [6, 6.07) is 8.11. The first kappa shape index (κ1) is 20.0. The van der Waals surface area contributed by atoms with Gasteiger partial charge in [-0.25, -0.2) is 0 Å². The molecule has 2 aromatic rings. The third-order valence-electron chi connectivity index (χ3n) is 1.33. The number of hydrogen-bond donors (Lipinski definition) is 1. The summed E-state index contributed by atoms with van der Waals surface area (Å²) in [5, 5.41) is 0. The third-order valence-corrected chi connectivity index (χ3v) is 2.54. The minimum atomic E-state index is -5.17. The normalized spacial score (nSPS) is 9.53. The van der Waals surface area contributed by atoms with Crippen LogP contribution < -0.4 is 29.6 Å². The van der Waals surface area contributed by atoms with E-state index in [0.29, 0.717) is 0 Å². The SMILES string of the molecule is O=S(=O)([O-])[O-].S=c1[nH]c2ccccc2s1.[Mn+2].[Na+]. The number of nitrogens with one attached hydrogen (secondary N) is 1. The van der Waals surface area contributed by atoms with Crippen molar-refractivity contribution in [1.29, 1.82) is 0 Å². The van der Waals surface area contributed by atoms with Crippen molar-refractivity contribution < 1.29 is 64.1 Å². The maximum atomic E-state index is 8.52. The molecule has 0 aliphatic carbocycles. The van der Waals surface area contributed by atoms with E-state index < -0.39 is 10.4 Å². The topological polar surface area (TPSA) is 96.1 Å². The predicted octanol–water partition coefficient (Wildman–Crippen LogP) is -1.38. The van der Waals surface area contributed by atoms with Gasteiger partial charge in [-0.3, -0.25) is 8.42 Å². The van der Waals surface area contributed by atoms with Crippen molar-refractivity contribution in [1.82, 2.24) is 4.98 Å². The Morgan fingerprint density at radius 3 is 2.18 bits per heavy atom. The first-order chi connectivity index (χ1) is 6.86. The largest absolute Gasteiger partial charge is 2.00 e. The Balaban J connectivity index is 0. The second-order valence-electron chi connectivity index (χ2n) is 2.42. The van der Waals surface area contributed by atoms with Crippen molar-refractivity contribution in [2.75, 3.05) is 0 Å². The molecule has 2 rings (SSSR count). The van der Waals surface area contributed by atoms with E-state index in [-0.39, 0.29) is 46.6 Å². The molecule has 0 amide bonds. The summed E-state index contributed by atoms with van der Waals surface area (Å²) in [4.78, 5) is 3.09. The monoisotopic (exact) mass is 341 g/mol. The van der Waals surface area contributed by atoms with Gasteiger partial charge in [0.25, 0.3) is 0 Å². The van der Waals surface area contributed by atoms with Gasteiger partial charge in [-0.05, 0) is 24.4 Å². The molecule has 0 unspecified atom stereocenters. The molecule has 1 heterocycles. The van der Waals surface area contributed by atoms with Gasteiger partial charge in [0.15, 0.2) is 3.95 Å². The zero-order valence-electron chi connectivity index (χ0n) is 8.55. The van der Waals surface area contributed by atoms with Gasteiger partial charge in [0.2, 0.25) is 0 Å². The second kappa shape index (κ2) is 8.76. The fourth-order valence-electron chi connectivity index (χ4n) is 0.894. The number of hydrogen-bond acceptors (Lipinski definition) is 6. The first-order valence-corrected chi connectivity index (χ1v) is 6.16. The number of para-hydroxylation sites is 1. The molecule has 0 fully saturated rings. The van der Waals surface area contributed by atoms with Crippen LogP contribution in [0.3, 0.4) is 0 Å². The number of benzene rings is 1. The molecule has 87 valence electrons. The fraction of sp³-hybridized carbons (Fsp3) is 0. The van der Waals surface area contributed by atoms with E-state index in [1.165, 1.54) is 4.70 Å². The quantitative estimate of drug-likeness (QED) is 0.276. The van der Waals surface area contributed by atoms with Crippen molar-refractivity contribution in [3.8, 4) is 0 Å². The van der Waals surface area contributed by atoms with Gasteiger partial charge in [0.1, 0.15) is 0 Å². The molecule has 5 nitrogen and oxygen atoms in total. The van der Waals surface area contributed by atoms with Crippen molar-refractivity contribution in [2.24, 2.45) is 0 Å². The van der Waals surface area contributed by atoms with Crippen molar-refractivity contribution in [3.05, 3.63) is 28.2 Å². The molecule has 0 saturated heterocycles. The van der Waals surface area contributed by atoms with Gasteiger partial charge in [0, 0.05) is 10.4 Å². The van der Waals surface area contributed by atoms with E-state index in [4.69, 9.17) is 29.7 Å². The number of fused-ring (bicyclic) bond motifs is 1. The summed E-state index contributed by atoms with van der Waals surface area (Å²) in [7, 11) is -5.17. The molecule has 0 aliphatic heterocycles. The molecular weight excluding hydrogens is 336 g/mol. The summed E-state index contributed by atoms with van der Waals surface area (Å²) < 4.78 is 36.2. The summed E-state index contributed by atoms with van der Waals surface area (Å²) in [6.45, 7) is 0. The van der Waals surface area contributed by atoms with Crippen LogP contribution in [0.2, 0.25) is 0 Å². The summed E-state index contributed by atoms with van der Waals surface area (Å²) in [6.07, 6.45) is 0. The number of thiazole rings is 1. The summed E-state index contributed by atoms with van der Waals surface area (Å²) in [5.74, 6) is 0. The molecule has 17 heavy (non-hydrogen) atoms. The Hall–Kier alpha value is 0.719. The van der Waals surface area contributed by atoms with Crippen molar-refractivity contribution in [2.45, 2.75) is 0 Å². The second-order valence-corrected chi connectivity index (χ2v) is 4.95. The Labute approximate surface area is 140 Å². The third kappa shape index (κ3) is 9.32. The van der Waals surface area contributed by atoms with E-state index >= 15 is 0 Å². The molecular formula is C7H5MnNNaO4S3+. The van der Waals surface area contributed by atoms with E-state index in [0.717, 1.165) is 9.47 Å². The molecule has 1 aromatic heterocycles. The Morgan fingerprint density at radius 2 is 1.71 bits per heavy atom. The maximum absolute atomic E-state index is 8.52. The van der Waals surface area contributed by atoms with Crippen LogP contribution in [0, 0.1) is 3.95 Å². The zero-order chi connectivity index (χ0) is 11.5. The summed E-state index contributed by atoms with van der Waals surface area (Å²) >= 11 is 6.59. The number of aromatic amines is 1. The Kier molecular flexibility index (Phi) is 10.3. The minimum Gasteiger partial charge on any atom is -0.759 e. The van der Waals surface area contributed by atoms with Gasteiger partial charge < -0.3 is 14.1 Å². The maximum Gasteiger partial charge on any atom is 2.00 e. The standard InChI is InChI=1S/C7H5NS2.Mn.Na.H2O4S/c9-7-8-5-3-1-2-4-6(5)10-7;;;1-5(2,3)4/h1-4H,(H,8,9);;;(H2,1,2,3,4)/q;+2;+1;/p-2. The van der Waals surface area contributed by atoms with Gasteiger partial charge in [0.05, 0.1) is 10.2 Å². The van der Waals surface area contributed by atoms with Crippen LogP contribution in [0.1, 0.15) is 0 Å². The summed E-state index contributed by atoms with van der Waals surface area (Å²) in [5.41, 5.74) is 1.14. The van der Waals surface area contributed by atoms with Crippen LogP contribution in [-0.4, -0.2) is 22.5 Å². The number of aromatic nitrogens is 1. The molecule has 0 atom stereocenters. The van der Waals surface area contributed by atoms with Gasteiger partial charge in [-0.2, -0.15) is 0 Å². The smallest absolute Gasteiger partial charge is 0.759 e. The van der Waals surface area contributed by atoms with Crippen LogP contribution in [0.15, 0.2) is 24.3 Å². The minimum absolute atomic E-state index is 0. The molecule has 0 bridgehead atoms. The van der Waals surface area contributed by atoms with Crippen LogP contribution in [0.5, 0.6) is 0 Å². The average molecular weight is 341 g/mol. The van der Waals surface area contributed by atoms with E-state index in [1.54, 1.807) is 11.3 Å². The first-order valence-electron chi connectivity index (χ1n) is 3.61. The van der Waals surface area contributed by atoms with E-state index in [2.05, 4.69) is 11.1 Å².